The molecule has 4 heteroatoms. The Hall–Kier alpha value is 0.0700. The standard InChI is InChI=1S/C9H20N2OS/c1-13(12)7-6-11-8-9-2-4-10-5-3-9/h9-11H,2-8H2,1H3. The van der Waals surface area contributed by atoms with Crippen molar-refractivity contribution in [1.82, 2.24) is 10.6 Å². The van der Waals surface area contributed by atoms with Crippen molar-refractivity contribution in [3.05, 3.63) is 0 Å². The number of piperidine rings is 1. The first-order valence-corrected chi connectivity index (χ1v) is 6.73. The van der Waals surface area contributed by atoms with Crippen LogP contribution >= 0.6 is 0 Å². The van der Waals surface area contributed by atoms with Crippen LogP contribution in [0.15, 0.2) is 0 Å². The van der Waals surface area contributed by atoms with Crippen LogP contribution in [-0.2, 0) is 10.8 Å². The zero-order valence-corrected chi connectivity index (χ0v) is 9.16. The summed E-state index contributed by atoms with van der Waals surface area (Å²) in [5.41, 5.74) is 0. The van der Waals surface area contributed by atoms with Crippen LogP contribution in [0.5, 0.6) is 0 Å². The first-order chi connectivity index (χ1) is 6.29. The van der Waals surface area contributed by atoms with Crippen LogP contribution in [-0.4, -0.2) is 42.4 Å². The minimum Gasteiger partial charge on any atom is -0.317 e. The van der Waals surface area contributed by atoms with E-state index < -0.39 is 10.8 Å². The highest BCUT2D eigenvalue weighted by atomic mass is 32.2. The van der Waals surface area contributed by atoms with Gasteiger partial charge >= 0.3 is 0 Å². The van der Waals surface area contributed by atoms with E-state index in [-0.39, 0.29) is 0 Å². The highest BCUT2D eigenvalue weighted by Gasteiger charge is 2.11. The minimum atomic E-state index is -0.647. The topological polar surface area (TPSA) is 41.1 Å². The van der Waals surface area contributed by atoms with E-state index in [9.17, 15) is 4.21 Å². The lowest BCUT2D eigenvalue weighted by Crippen LogP contribution is -2.34. The predicted octanol–water partition coefficient (Wildman–Crippen LogP) is -0.0459. The Bertz CT molecular complexity index is 158. The number of hydrogen-bond acceptors (Lipinski definition) is 3. The van der Waals surface area contributed by atoms with Gasteiger partial charge in [-0.05, 0) is 38.4 Å². The predicted molar refractivity (Wildman–Crippen MR) is 57.4 cm³/mol. The van der Waals surface area contributed by atoms with Gasteiger partial charge < -0.3 is 10.6 Å². The Morgan fingerprint density at radius 1 is 1.46 bits per heavy atom. The highest BCUT2D eigenvalue weighted by molar-refractivity contribution is 7.84. The van der Waals surface area contributed by atoms with Crippen molar-refractivity contribution in [2.45, 2.75) is 12.8 Å². The Morgan fingerprint density at radius 3 is 2.77 bits per heavy atom. The monoisotopic (exact) mass is 204 g/mol. The lowest BCUT2D eigenvalue weighted by atomic mass is 9.98. The summed E-state index contributed by atoms with van der Waals surface area (Å²) >= 11 is 0. The van der Waals surface area contributed by atoms with E-state index in [0.29, 0.717) is 0 Å². The third kappa shape index (κ3) is 5.39. The van der Waals surface area contributed by atoms with Gasteiger partial charge in [0, 0.05) is 29.4 Å². The van der Waals surface area contributed by atoms with Crippen LogP contribution in [0.25, 0.3) is 0 Å². The molecule has 0 spiro atoms. The van der Waals surface area contributed by atoms with E-state index in [2.05, 4.69) is 10.6 Å². The third-order valence-corrected chi connectivity index (χ3v) is 3.24. The van der Waals surface area contributed by atoms with Crippen LogP contribution in [0.2, 0.25) is 0 Å². The molecule has 0 bridgehead atoms. The third-order valence-electron chi connectivity index (χ3n) is 2.46. The minimum absolute atomic E-state index is 0.647. The fraction of sp³-hybridized carbons (Fsp3) is 1.00. The molecule has 0 saturated carbocycles. The first-order valence-electron chi connectivity index (χ1n) is 5.00. The summed E-state index contributed by atoms with van der Waals surface area (Å²) in [7, 11) is -0.647. The SMILES string of the molecule is CS(=O)CCNCC1CCNCC1. The van der Waals surface area contributed by atoms with Gasteiger partial charge in [0.25, 0.3) is 0 Å². The summed E-state index contributed by atoms with van der Waals surface area (Å²) in [5, 5.41) is 6.71. The molecule has 1 heterocycles. The normalized spacial score (nSPS) is 21.6. The molecule has 1 rings (SSSR count). The van der Waals surface area contributed by atoms with E-state index in [1.807, 2.05) is 0 Å². The average Bonchev–Trinajstić information content (AvgIpc) is 2.14. The zero-order chi connectivity index (χ0) is 9.52. The van der Waals surface area contributed by atoms with Gasteiger partial charge in [0.1, 0.15) is 0 Å². The van der Waals surface area contributed by atoms with Crippen molar-refractivity contribution in [3.8, 4) is 0 Å². The van der Waals surface area contributed by atoms with Gasteiger partial charge in [-0.1, -0.05) is 0 Å². The zero-order valence-electron chi connectivity index (χ0n) is 8.34. The molecular formula is C9H20N2OS. The second-order valence-corrected chi connectivity index (χ2v) is 5.23. The van der Waals surface area contributed by atoms with Gasteiger partial charge in [-0.25, -0.2) is 0 Å². The molecule has 0 aromatic carbocycles. The Labute approximate surface area is 83.1 Å². The number of rotatable bonds is 5. The van der Waals surface area contributed by atoms with Crippen LogP contribution < -0.4 is 10.6 Å². The lowest BCUT2D eigenvalue weighted by molar-refractivity contribution is 0.360. The highest BCUT2D eigenvalue weighted by Crippen LogP contribution is 2.09. The quantitative estimate of drug-likeness (QED) is 0.617. The van der Waals surface area contributed by atoms with Crippen LogP contribution in [0.4, 0.5) is 0 Å². The van der Waals surface area contributed by atoms with Gasteiger partial charge in [0.2, 0.25) is 0 Å². The Balaban J connectivity index is 1.95. The van der Waals surface area contributed by atoms with Crippen molar-refractivity contribution in [3.63, 3.8) is 0 Å². The van der Waals surface area contributed by atoms with E-state index in [4.69, 9.17) is 0 Å². The molecular weight excluding hydrogens is 184 g/mol. The smallest absolute Gasteiger partial charge is 0.0357 e. The van der Waals surface area contributed by atoms with Crippen molar-refractivity contribution in [2.75, 3.05) is 38.2 Å². The van der Waals surface area contributed by atoms with Crippen molar-refractivity contribution in [2.24, 2.45) is 5.92 Å². The molecule has 0 amide bonds. The first kappa shape index (κ1) is 11.1. The molecule has 2 N–H and O–H groups in total. The molecule has 1 unspecified atom stereocenters. The maximum atomic E-state index is 10.8. The van der Waals surface area contributed by atoms with Gasteiger partial charge in [0.15, 0.2) is 0 Å². The summed E-state index contributed by atoms with van der Waals surface area (Å²) in [6, 6.07) is 0. The van der Waals surface area contributed by atoms with Crippen molar-refractivity contribution >= 4 is 10.8 Å². The molecule has 0 radical (unpaired) electrons. The van der Waals surface area contributed by atoms with Crippen LogP contribution in [0, 0.1) is 5.92 Å². The molecule has 0 aliphatic carbocycles. The van der Waals surface area contributed by atoms with E-state index >= 15 is 0 Å². The lowest BCUT2D eigenvalue weighted by Gasteiger charge is -2.22. The van der Waals surface area contributed by atoms with Crippen LogP contribution in [0.1, 0.15) is 12.8 Å². The molecule has 1 fully saturated rings. The average molecular weight is 204 g/mol. The molecule has 1 aliphatic heterocycles. The molecule has 1 aliphatic rings. The van der Waals surface area contributed by atoms with E-state index in [0.717, 1.165) is 37.8 Å². The molecule has 78 valence electrons. The molecule has 1 saturated heterocycles. The summed E-state index contributed by atoms with van der Waals surface area (Å²) < 4.78 is 10.8. The second-order valence-electron chi connectivity index (χ2n) is 3.67. The summed E-state index contributed by atoms with van der Waals surface area (Å²) in [6.45, 7) is 4.31. The summed E-state index contributed by atoms with van der Waals surface area (Å²) in [5.74, 6) is 1.61. The fourth-order valence-electron chi connectivity index (χ4n) is 1.61. The second kappa shape index (κ2) is 6.51. The summed E-state index contributed by atoms with van der Waals surface area (Å²) in [4.78, 5) is 0. The van der Waals surface area contributed by atoms with Gasteiger partial charge in [-0.2, -0.15) is 0 Å². The van der Waals surface area contributed by atoms with E-state index in [1.54, 1.807) is 6.26 Å². The van der Waals surface area contributed by atoms with Crippen LogP contribution in [0.3, 0.4) is 0 Å². The van der Waals surface area contributed by atoms with Crippen molar-refractivity contribution < 1.29 is 4.21 Å². The largest absolute Gasteiger partial charge is 0.317 e. The molecule has 0 aromatic rings. The fourth-order valence-corrected chi connectivity index (χ4v) is 2.04. The number of nitrogens with one attached hydrogen (secondary N) is 2. The Morgan fingerprint density at radius 2 is 2.15 bits per heavy atom. The molecule has 0 aromatic heterocycles. The number of hydrogen-bond donors (Lipinski definition) is 2. The Kier molecular flexibility index (Phi) is 5.58. The van der Waals surface area contributed by atoms with Gasteiger partial charge in [0.05, 0.1) is 0 Å². The maximum absolute atomic E-state index is 10.8. The molecule has 13 heavy (non-hydrogen) atoms. The maximum Gasteiger partial charge on any atom is 0.0357 e. The van der Waals surface area contributed by atoms with Gasteiger partial charge in [-0.3, -0.25) is 4.21 Å². The van der Waals surface area contributed by atoms with E-state index in [1.165, 1.54) is 12.8 Å². The molecule has 1 atom stereocenters. The molecule has 3 nitrogen and oxygen atoms in total. The van der Waals surface area contributed by atoms with Gasteiger partial charge in [-0.15, -0.1) is 0 Å². The van der Waals surface area contributed by atoms with Crippen molar-refractivity contribution in [1.29, 1.82) is 0 Å². The summed E-state index contributed by atoms with van der Waals surface area (Å²) in [6.07, 6.45) is 4.32.